The molecular formula is C22H28N6O2. The topological polar surface area (TPSA) is 93.8 Å². The van der Waals surface area contributed by atoms with Crippen molar-refractivity contribution in [2.45, 2.75) is 69.5 Å². The summed E-state index contributed by atoms with van der Waals surface area (Å²) in [4.78, 5) is 25.2. The Morgan fingerprint density at radius 1 is 1.13 bits per heavy atom. The summed E-state index contributed by atoms with van der Waals surface area (Å²) in [7, 11) is 0. The fourth-order valence-corrected chi connectivity index (χ4v) is 6.74. The Morgan fingerprint density at radius 3 is 2.53 bits per heavy atom. The van der Waals surface area contributed by atoms with Gasteiger partial charge in [-0.25, -0.2) is 9.36 Å². The van der Waals surface area contributed by atoms with E-state index in [1.807, 2.05) is 16.9 Å². The predicted octanol–water partition coefficient (Wildman–Crippen LogP) is 2.22. The van der Waals surface area contributed by atoms with Crippen LogP contribution in [0.25, 0.3) is 5.82 Å². The molecule has 0 saturated heterocycles. The molecule has 0 spiro atoms. The zero-order chi connectivity index (χ0) is 20.5. The SMILES string of the molecule is CC(=O)NC12CC3C[C@@H](C1)C(NC(=O)c1cnn(C4CC4)c1-n1cccn1)[C@@H](C3)C2. The van der Waals surface area contributed by atoms with Gasteiger partial charge < -0.3 is 10.6 Å². The average molecular weight is 409 g/mol. The van der Waals surface area contributed by atoms with Crippen LogP contribution in [-0.2, 0) is 4.79 Å². The van der Waals surface area contributed by atoms with Crippen molar-refractivity contribution >= 4 is 11.8 Å². The minimum absolute atomic E-state index is 0.0549. The Morgan fingerprint density at radius 2 is 1.90 bits per heavy atom. The quantitative estimate of drug-likeness (QED) is 0.793. The summed E-state index contributed by atoms with van der Waals surface area (Å²) in [5.74, 6) is 2.29. The lowest BCUT2D eigenvalue weighted by Crippen LogP contribution is -2.66. The average Bonchev–Trinajstić information content (AvgIpc) is 3.21. The fraction of sp³-hybridized carbons (Fsp3) is 0.636. The van der Waals surface area contributed by atoms with E-state index in [9.17, 15) is 9.59 Å². The summed E-state index contributed by atoms with van der Waals surface area (Å²) in [5, 5.41) is 15.5. The van der Waals surface area contributed by atoms with Crippen molar-refractivity contribution in [2.75, 3.05) is 0 Å². The van der Waals surface area contributed by atoms with Gasteiger partial charge in [-0.1, -0.05) is 0 Å². The highest BCUT2D eigenvalue weighted by atomic mass is 16.2. The molecule has 2 atom stereocenters. The summed E-state index contributed by atoms with van der Waals surface area (Å²) in [6, 6.07) is 2.40. The molecule has 0 unspecified atom stereocenters. The molecule has 4 bridgehead atoms. The molecular weight excluding hydrogens is 380 g/mol. The summed E-state index contributed by atoms with van der Waals surface area (Å²) in [5.41, 5.74) is 0.539. The number of rotatable bonds is 5. The molecule has 158 valence electrons. The van der Waals surface area contributed by atoms with E-state index < -0.39 is 0 Å². The molecule has 2 aromatic heterocycles. The van der Waals surface area contributed by atoms with Crippen molar-refractivity contribution in [1.82, 2.24) is 30.2 Å². The Labute approximate surface area is 175 Å². The van der Waals surface area contributed by atoms with E-state index in [1.165, 1.54) is 0 Å². The van der Waals surface area contributed by atoms with Crippen LogP contribution in [0.3, 0.4) is 0 Å². The van der Waals surface area contributed by atoms with Crippen molar-refractivity contribution in [1.29, 1.82) is 0 Å². The third-order valence-corrected chi connectivity index (χ3v) is 7.64. The van der Waals surface area contributed by atoms with Crippen LogP contribution in [0.5, 0.6) is 0 Å². The molecule has 8 heteroatoms. The molecule has 5 aliphatic rings. The normalized spacial score (nSPS) is 34.2. The lowest BCUT2D eigenvalue weighted by Gasteiger charge is -2.60. The minimum Gasteiger partial charge on any atom is -0.351 e. The van der Waals surface area contributed by atoms with E-state index >= 15 is 0 Å². The van der Waals surface area contributed by atoms with E-state index in [4.69, 9.17) is 0 Å². The van der Waals surface area contributed by atoms with Gasteiger partial charge in [0.25, 0.3) is 5.91 Å². The van der Waals surface area contributed by atoms with E-state index in [1.54, 1.807) is 24.0 Å². The van der Waals surface area contributed by atoms with Crippen LogP contribution in [0.1, 0.15) is 68.3 Å². The molecule has 7 rings (SSSR count). The third kappa shape index (κ3) is 2.87. The summed E-state index contributed by atoms with van der Waals surface area (Å²) >= 11 is 0. The van der Waals surface area contributed by atoms with E-state index in [0.717, 1.165) is 50.8 Å². The van der Waals surface area contributed by atoms with Gasteiger partial charge in [0.2, 0.25) is 5.91 Å². The maximum atomic E-state index is 13.4. The monoisotopic (exact) mass is 408 g/mol. The highest BCUT2D eigenvalue weighted by Crippen LogP contribution is 2.55. The first kappa shape index (κ1) is 18.2. The Hall–Kier alpha value is -2.64. The van der Waals surface area contributed by atoms with Gasteiger partial charge in [0, 0.05) is 30.9 Å². The second kappa shape index (κ2) is 6.43. The van der Waals surface area contributed by atoms with Gasteiger partial charge in [0.1, 0.15) is 5.56 Å². The largest absolute Gasteiger partial charge is 0.351 e. The van der Waals surface area contributed by atoms with E-state index in [0.29, 0.717) is 29.4 Å². The van der Waals surface area contributed by atoms with Gasteiger partial charge in [-0.05, 0) is 68.8 Å². The van der Waals surface area contributed by atoms with Crippen molar-refractivity contribution in [3.05, 3.63) is 30.2 Å². The van der Waals surface area contributed by atoms with Crippen molar-refractivity contribution < 1.29 is 9.59 Å². The number of carbonyl (C=O) groups excluding carboxylic acids is 2. The minimum atomic E-state index is -0.0570. The smallest absolute Gasteiger partial charge is 0.256 e. The van der Waals surface area contributed by atoms with Crippen molar-refractivity contribution in [3.8, 4) is 5.82 Å². The standard InChI is InChI=1S/C22H28N6O2/c1-13(29)26-22-9-14-7-15(10-22)19(16(8-14)11-22)25-20(30)18-12-24-28(17-3-4-17)21(18)27-6-2-5-23-27/h2,5-6,12,14-17,19H,3-4,7-11H2,1H3,(H,25,30)(H,26,29)/t14?,15-,16-,19?,22?/m0/s1. The Bertz CT molecular complexity index is 975. The lowest BCUT2D eigenvalue weighted by molar-refractivity contribution is -0.125. The first-order chi connectivity index (χ1) is 14.5. The molecule has 2 aromatic rings. The van der Waals surface area contributed by atoms with Crippen LogP contribution in [0.15, 0.2) is 24.7 Å². The number of aromatic nitrogens is 4. The molecule has 2 amide bonds. The molecule has 2 N–H and O–H groups in total. The molecule has 2 heterocycles. The van der Waals surface area contributed by atoms with Gasteiger partial charge in [-0.2, -0.15) is 10.2 Å². The summed E-state index contributed by atoms with van der Waals surface area (Å²) < 4.78 is 3.70. The highest BCUT2D eigenvalue weighted by Gasteiger charge is 2.56. The number of carbonyl (C=O) groups is 2. The number of hydrogen-bond acceptors (Lipinski definition) is 4. The maximum absolute atomic E-state index is 13.4. The molecule has 5 aliphatic carbocycles. The van der Waals surface area contributed by atoms with Crippen LogP contribution < -0.4 is 10.6 Å². The molecule has 0 aliphatic heterocycles. The van der Waals surface area contributed by atoms with Crippen LogP contribution in [-0.4, -0.2) is 43.0 Å². The summed E-state index contributed by atoms with van der Waals surface area (Å²) in [6.45, 7) is 1.62. The number of nitrogens with one attached hydrogen (secondary N) is 2. The van der Waals surface area contributed by atoms with Crippen LogP contribution in [0.4, 0.5) is 0 Å². The predicted molar refractivity (Wildman–Crippen MR) is 109 cm³/mol. The van der Waals surface area contributed by atoms with Gasteiger partial charge in [-0.3, -0.25) is 9.59 Å². The van der Waals surface area contributed by atoms with Crippen LogP contribution in [0, 0.1) is 17.8 Å². The highest BCUT2D eigenvalue weighted by molar-refractivity contribution is 5.97. The second-order valence-electron chi connectivity index (χ2n) is 9.94. The molecule has 5 fully saturated rings. The van der Waals surface area contributed by atoms with E-state index in [2.05, 4.69) is 20.8 Å². The first-order valence-electron chi connectivity index (χ1n) is 11.2. The van der Waals surface area contributed by atoms with Crippen LogP contribution >= 0.6 is 0 Å². The number of hydrogen-bond donors (Lipinski definition) is 2. The fourth-order valence-electron chi connectivity index (χ4n) is 6.74. The molecule has 0 radical (unpaired) electrons. The Balaban J connectivity index is 1.26. The first-order valence-corrected chi connectivity index (χ1v) is 11.2. The Kier molecular flexibility index (Phi) is 3.89. The van der Waals surface area contributed by atoms with Gasteiger partial charge in [0.15, 0.2) is 5.82 Å². The molecule has 5 saturated carbocycles. The summed E-state index contributed by atoms with van der Waals surface area (Å²) in [6.07, 6.45) is 12.8. The van der Waals surface area contributed by atoms with Crippen molar-refractivity contribution in [3.63, 3.8) is 0 Å². The molecule has 8 nitrogen and oxygen atoms in total. The number of nitrogens with zero attached hydrogens (tertiary/aromatic N) is 4. The third-order valence-electron chi connectivity index (χ3n) is 7.64. The second-order valence-corrected chi connectivity index (χ2v) is 9.94. The molecule has 30 heavy (non-hydrogen) atoms. The van der Waals surface area contributed by atoms with Gasteiger partial charge >= 0.3 is 0 Å². The maximum Gasteiger partial charge on any atom is 0.256 e. The zero-order valence-electron chi connectivity index (χ0n) is 17.3. The van der Waals surface area contributed by atoms with Gasteiger partial charge in [-0.15, -0.1) is 0 Å². The lowest BCUT2D eigenvalue weighted by atomic mass is 9.51. The molecule has 0 aromatic carbocycles. The van der Waals surface area contributed by atoms with Crippen molar-refractivity contribution in [2.24, 2.45) is 17.8 Å². The van der Waals surface area contributed by atoms with E-state index in [-0.39, 0.29) is 23.4 Å². The van der Waals surface area contributed by atoms with Crippen LogP contribution in [0.2, 0.25) is 0 Å². The number of amides is 2. The zero-order valence-corrected chi connectivity index (χ0v) is 17.3. The van der Waals surface area contributed by atoms with Gasteiger partial charge in [0.05, 0.1) is 12.2 Å².